The Balaban J connectivity index is 2.22. The Labute approximate surface area is 81.5 Å². The van der Waals surface area contributed by atoms with E-state index in [0.29, 0.717) is 6.54 Å². The second kappa shape index (κ2) is 3.45. The van der Waals surface area contributed by atoms with E-state index in [1.807, 2.05) is 25.1 Å². The highest BCUT2D eigenvalue weighted by Gasteiger charge is 1.98. The van der Waals surface area contributed by atoms with Crippen LogP contribution in [-0.4, -0.2) is 20.2 Å². The van der Waals surface area contributed by atoms with Gasteiger partial charge >= 0.3 is 0 Å². The molecule has 0 bridgehead atoms. The van der Waals surface area contributed by atoms with Gasteiger partial charge in [-0.25, -0.2) is 4.68 Å². The third kappa shape index (κ3) is 1.71. The highest BCUT2D eigenvalue weighted by Crippen LogP contribution is 2.12. The number of benzene rings is 1. The van der Waals surface area contributed by atoms with Crippen LogP contribution in [0.2, 0.25) is 0 Å². The summed E-state index contributed by atoms with van der Waals surface area (Å²) in [6, 6.07) is 5.91. The fraction of sp³-hybridized carbons (Fsp3) is 0.222. The highest BCUT2D eigenvalue weighted by molar-refractivity contribution is 5.47. The van der Waals surface area contributed by atoms with Crippen LogP contribution in [0.5, 0.6) is 0 Å². The number of nitrogens with two attached hydrogens (primary N) is 1. The van der Waals surface area contributed by atoms with Crippen LogP contribution < -0.4 is 5.73 Å². The topological polar surface area (TPSA) is 69.6 Å². The van der Waals surface area contributed by atoms with E-state index in [-0.39, 0.29) is 0 Å². The molecule has 0 saturated heterocycles. The first-order valence-electron chi connectivity index (χ1n) is 4.31. The van der Waals surface area contributed by atoms with Crippen molar-refractivity contribution < 1.29 is 0 Å². The van der Waals surface area contributed by atoms with Crippen LogP contribution in [0.15, 0.2) is 24.5 Å². The Kier molecular flexibility index (Phi) is 2.14. The van der Waals surface area contributed by atoms with Gasteiger partial charge in [-0.2, -0.15) is 0 Å². The lowest BCUT2D eigenvalue weighted by Crippen LogP contribution is -2.01. The van der Waals surface area contributed by atoms with Crippen molar-refractivity contribution in [3.8, 4) is 0 Å². The van der Waals surface area contributed by atoms with Crippen LogP contribution in [0.25, 0.3) is 0 Å². The minimum Gasteiger partial charge on any atom is -0.399 e. The van der Waals surface area contributed by atoms with E-state index in [0.717, 1.165) is 16.8 Å². The third-order valence-corrected chi connectivity index (χ3v) is 2.07. The molecule has 14 heavy (non-hydrogen) atoms. The smallest absolute Gasteiger partial charge is 0.138 e. The van der Waals surface area contributed by atoms with Gasteiger partial charge in [-0.1, -0.05) is 12.1 Å². The van der Waals surface area contributed by atoms with Gasteiger partial charge < -0.3 is 5.73 Å². The van der Waals surface area contributed by atoms with E-state index in [1.165, 1.54) is 0 Å². The maximum Gasteiger partial charge on any atom is 0.138 e. The summed E-state index contributed by atoms with van der Waals surface area (Å²) in [5.74, 6) is 0. The molecule has 1 aromatic carbocycles. The van der Waals surface area contributed by atoms with Gasteiger partial charge in [0, 0.05) is 5.69 Å². The van der Waals surface area contributed by atoms with E-state index in [4.69, 9.17) is 5.73 Å². The molecular formula is C9H11N5. The lowest BCUT2D eigenvalue weighted by Gasteiger charge is -2.03. The Hall–Kier alpha value is -1.91. The molecule has 0 saturated carbocycles. The van der Waals surface area contributed by atoms with Crippen LogP contribution in [-0.2, 0) is 6.54 Å². The molecule has 0 fully saturated rings. The number of aromatic nitrogens is 4. The summed E-state index contributed by atoms with van der Waals surface area (Å²) in [5, 5.41) is 10.9. The lowest BCUT2D eigenvalue weighted by molar-refractivity contribution is 0.648. The summed E-state index contributed by atoms with van der Waals surface area (Å²) in [6.07, 6.45) is 1.59. The Morgan fingerprint density at radius 3 is 2.93 bits per heavy atom. The molecular weight excluding hydrogens is 178 g/mol. The van der Waals surface area contributed by atoms with Gasteiger partial charge in [0.1, 0.15) is 6.33 Å². The molecule has 5 heteroatoms. The van der Waals surface area contributed by atoms with Gasteiger partial charge in [-0.15, -0.1) is 5.10 Å². The zero-order chi connectivity index (χ0) is 9.97. The van der Waals surface area contributed by atoms with Crippen molar-refractivity contribution in [3.05, 3.63) is 35.7 Å². The number of tetrazole rings is 1. The Bertz CT molecular complexity index is 421. The van der Waals surface area contributed by atoms with Gasteiger partial charge in [0.25, 0.3) is 0 Å². The molecule has 2 aromatic rings. The van der Waals surface area contributed by atoms with E-state index < -0.39 is 0 Å². The molecule has 2 rings (SSSR count). The molecule has 0 radical (unpaired) electrons. The number of nitrogen functional groups attached to an aromatic ring is 1. The van der Waals surface area contributed by atoms with Crippen molar-refractivity contribution in [2.45, 2.75) is 13.5 Å². The SMILES string of the molecule is Cc1cc(Cn2cnnn2)ccc1N. The summed E-state index contributed by atoms with van der Waals surface area (Å²) in [7, 11) is 0. The molecule has 2 N–H and O–H groups in total. The Morgan fingerprint density at radius 2 is 2.29 bits per heavy atom. The monoisotopic (exact) mass is 189 g/mol. The van der Waals surface area contributed by atoms with Crippen LogP contribution in [0.1, 0.15) is 11.1 Å². The summed E-state index contributed by atoms with van der Waals surface area (Å²) < 4.78 is 1.67. The van der Waals surface area contributed by atoms with E-state index in [9.17, 15) is 0 Å². The van der Waals surface area contributed by atoms with Gasteiger partial charge in [-0.3, -0.25) is 0 Å². The molecule has 1 aromatic heterocycles. The van der Waals surface area contributed by atoms with E-state index in [1.54, 1.807) is 11.0 Å². The standard InChI is InChI=1S/C9H11N5/c1-7-4-8(2-3-9(7)10)5-14-6-11-12-13-14/h2-4,6H,5,10H2,1H3. The van der Waals surface area contributed by atoms with Crippen LogP contribution in [0, 0.1) is 6.92 Å². The number of nitrogens with zero attached hydrogens (tertiary/aromatic N) is 4. The quantitative estimate of drug-likeness (QED) is 0.703. The van der Waals surface area contributed by atoms with Gasteiger partial charge in [-0.05, 0) is 34.5 Å². The number of anilines is 1. The van der Waals surface area contributed by atoms with E-state index in [2.05, 4.69) is 15.5 Å². The molecule has 0 aliphatic rings. The second-order valence-corrected chi connectivity index (χ2v) is 3.20. The van der Waals surface area contributed by atoms with Crippen molar-refractivity contribution in [1.29, 1.82) is 0 Å². The fourth-order valence-electron chi connectivity index (χ4n) is 1.28. The van der Waals surface area contributed by atoms with Crippen LogP contribution in [0.3, 0.4) is 0 Å². The van der Waals surface area contributed by atoms with Crippen LogP contribution >= 0.6 is 0 Å². The first kappa shape index (κ1) is 8.68. The first-order chi connectivity index (χ1) is 6.75. The normalized spacial score (nSPS) is 10.4. The predicted octanol–water partition coefficient (Wildman–Crippen LogP) is 0.612. The minimum absolute atomic E-state index is 0.675. The Morgan fingerprint density at radius 1 is 1.43 bits per heavy atom. The molecule has 0 amide bonds. The molecule has 0 aliphatic heterocycles. The third-order valence-electron chi connectivity index (χ3n) is 2.07. The summed E-state index contributed by atoms with van der Waals surface area (Å²) in [4.78, 5) is 0. The minimum atomic E-state index is 0.675. The van der Waals surface area contributed by atoms with Crippen molar-refractivity contribution in [3.63, 3.8) is 0 Å². The highest BCUT2D eigenvalue weighted by atomic mass is 15.5. The van der Waals surface area contributed by atoms with Crippen molar-refractivity contribution in [2.24, 2.45) is 0 Å². The van der Waals surface area contributed by atoms with Gasteiger partial charge in [0.05, 0.1) is 6.54 Å². The first-order valence-corrected chi connectivity index (χ1v) is 4.31. The maximum absolute atomic E-state index is 5.71. The molecule has 0 aliphatic carbocycles. The molecule has 0 unspecified atom stereocenters. The van der Waals surface area contributed by atoms with Crippen molar-refractivity contribution in [1.82, 2.24) is 20.2 Å². The molecule has 72 valence electrons. The zero-order valence-corrected chi connectivity index (χ0v) is 7.88. The molecule has 0 atom stereocenters. The summed E-state index contributed by atoms with van der Waals surface area (Å²) in [6.45, 7) is 2.66. The zero-order valence-electron chi connectivity index (χ0n) is 7.88. The van der Waals surface area contributed by atoms with Gasteiger partial charge in [0.15, 0.2) is 0 Å². The van der Waals surface area contributed by atoms with Crippen molar-refractivity contribution >= 4 is 5.69 Å². The lowest BCUT2D eigenvalue weighted by atomic mass is 10.1. The maximum atomic E-state index is 5.71. The molecule has 5 nitrogen and oxygen atoms in total. The molecule has 0 spiro atoms. The predicted molar refractivity (Wildman–Crippen MR) is 52.5 cm³/mol. The largest absolute Gasteiger partial charge is 0.399 e. The van der Waals surface area contributed by atoms with E-state index >= 15 is 0 Å². The number of aryl methyl sites for hydroxylation is 1. The van der Waals surface area contributed by atoms with Crippen molar-refractivity contribution in [2.75, 3.05) is 5.73 Å². The second-order valence-electron chi connectivity index (χ2n) is 3.20. The number of hydrogen-bond acceptors (Lipinski definition) is 4. The fourth-order valence-corrected chi connectivity index (χ4v) is 1.28. The number of rotatable bonds is 2. The van der Waals surface area contributed by atoms with Gasteiger partial charge in [0.2, 0.25) is 0 Å². The summed E-state index contributed by atoms with van der Waals surface area (Å²) >= 11 is 0. The number of hydrogen-bond donors (Lipinski definition) is 1. The summed E-state index contributed by atoms with van der Waals surface area (Å²) in [5.41, 5.74) is 8.75. The average Bonchev–Trinajstić information content (AvgIpc) is 2.64. The van der Waals surface area contributed by atoms with Crippen LogP contribution in [0.4, 0.5) is 5.69 Å². The average molecular weight is 189 g/mol. The molecule has 1 heterocycles.